The first-order valence-corrected chi connectivity index (χ1v) is 3.50. The average molecular weight is 180 g/mol. The molecule has 0 aliphatic heterocycles. The fraction of sp³-hybridized carbons (Fsp3) is 0.500. The number of hydrogen-bond acceptors (Lipinski definition) is 3. The van der Waals surface area contributed by atoms with Crippen LogP contribution in [0.4, 0.5) is 0 Å². The van der Waals surface area contributed by atoms with Gasteiger partial charge in [0.15, 0.2) is 0 Å². The van der Waals surface area contributed by atoms with Gasteiger partial charge in [-0.1, -0.05) is 0 Å². The molecule has 0 aromatic heterocycles. The molecule has 10 heavy (non-hydrogen) atoms. The van der Waals surface area contributed by atoms with Crippen molar-refractivity contribution in [2.75, 3.05) is 0 Å². The van der Waals surface area contributed by atoms with Crippen LogP contribution in [0, 0.1) is 0 Å². The van der Waals surface area contributed by atoms with Crippen LogP contribution in [0.5, 0.6) is 0 Å². The first-order valence-electron chi connectivity index (χ1n) is 1.82. The summed E-state index contributed by atoms with van der Waals surface area (Å²) in [6.45, 7) is 0. The predicted molar refractivity (Wildman–Crippen MR) is 26.8 cm³/mol. The van der Waals surface area contributed by atoms with E-state index in [0.717, 1.165) is 0 Å². The van der Waals surface area contributed by atoms with Gasteiger partial charge in [0.2, 0.25) is 0 Å². The molecule has 1 atom stereocenters. The molecule has 0 amide bonds. The topological polar surface area (TPSA) is 115 Å². The maximum Gasteiger partial charge on any atom is 1.00 e. The van der Waals surface area contributed by atoms with Gasteiger partial charge in [-0.05, 0) is 0 Å². The Balaban J connectivity index is -0.000000320. The summed E-state index contributed by atoms with van der Waals surface area (Å²) in [4.78, 5) is 25.5. The minimum atomic E-state index is -4.86. The van der Waals surface area contributed by atoms with Crippen molar-refractivity contribution in [3.63, 3.8) is 0 Å². The zero-order chi connectivity index (χ0) is 7.65. The summed E-state index contributed by atoms with van der Waals surface area (Å²) in [5.74, 6) is -4.53. The molecule has 4 N–H and O–H groups in total. The zero-order valence-corrected chi connectivity index (χ0v) is 8.02. The molecule has 0 rings (SSSR count). The Kier molecular flexibility index (Phi) is 5.88. The molecule has 0 bridgehead atoms. The summed E-state index contributed by atoms with van der Waals surface area (Å²) in [6, 6.07) is 0. The van der Waals surface area contributed by atoms with E-state index in [1.807, 2.05) is 0 Å². The molecule has 0 fully saturated rings. The van der Waals surface area contributed by atoms with E-state index >= 15 is 0 Å². The maximum atomic E-state index is 9.84. The van der Waals surface area contributed by atoms with Gasteiger partial charge in [0.25, 0.3) is 5.85 Å². The van der Waals surface area contributed by atoms with Crippen LogP contribution < -0.4 is 29.6 Å². The van der Waals surface area contributed by atoms with Crippen molar-refractivity contribution in [2.24, 2.45) is 0 Å². The van der Waals surface area contributed by atoms with Gasteiger partial charge in [-0.25, -0.2) is 4.79 Å². The molecule has 6 nitrogen and oxygen atoms in total. The Morgan fingerprint density at radius 1 is 1.50 bits per heavy atom. The Hall–Kier alpha value is 0.580. The molecule has 0 aromatic rings. The van der Waals surface area contributed by atoms with E-state index in [1.54, 1.807) is 0 Å². The van der Waals surface area contributed by atoms with Crippen LogP contribution in [0.3, 0.4) is 0 Å². The Morgan fingerprint density at radius 2 is 1.80 bits per heavy atom. The normalized spacial score (nSPS) is 13.5. The molecule has 0 heterocycles. The van der Waals surface area contributed by atoms with Crippen LogP contribution in [-0.2, 0) is 9.36 Å². The van der Waals surface area contributed by atoms with Gasteiger partial charge in [0.1, 0.15) is 0 Å². The van der Waals surface area contributed by atoms with Crippen LogP contribution in [0.25, 0.3) is 0 Å². The number of rotatable bonds is 2. The second-order valence-electron chi connectivity index (χ2n) is 1.30. The molecule has 0 radical (unpaired) electrons. The van der Waals surface area contributed by atoms with Crippen molar-refractivity contribution in [3.05, 3.63) is 0 Å². The molecule has 8 heteroatoms. The first kappa shape index (κ1) is 13.2. The second kappa shape index (κ2) is 4.46. The van der Waals surface area contributed by atoms with E-state index in [9.17, 15) is 9.36 Å². The molecule has 0 saturated heterocycles. The fourth-order valence-corrected chi connectivity index (χ4v) is 0.432. The van der Waals surface area contributed by atoms with E-state index in [0.29, 0.717) is 0 Å². The minimum Gasteiger partial charge on any atom is -1.00 e. The van der Waals surface area contributed by atoms with Crippen LogP contribution in [-0.4, -0.2) is 31.8 Å². The van der Waals surface area contributed by atoms with E-state index in [4.69, 9.17) is 20.0 Å². The molecular formula is C2H6NaO6P. The third-order valence-corrected chi connectivity index (χ3v) is 1.40. The second-order valence-corrected chi connectivity index (χ2v) is 2.97. The first-order chi connectivity index (χ1) is 3.85. The molecule has 0 aromatic carbocycles. The SMILES string of the molecule is O=C(O)C(O)P(=O)(O)O.[H-].[Na+]. The van der Waals surface area contributed by atoms with Crippen molar-refractivity contribution in [1.29, 1.82) is 0 Å². The number of aliphatic hydroxyl groups excluding tert-OH is 1. The number of carboxylic acid groups (broad SMARTS) is 1. The summed E-state index contributed by atoms with van der Waals surface area (Å²) in [5, 5.41) is 15.9. The van der Waals surface area contributed by atoms with Crippen molar-refractivity contribution < 1.29 is 60.3 Å². The van der Waals surface area contributed by atoms with Gasteiger partial charge in [-0.2, -0.15) is 0 Å². The van der Waals surface area contributed by atoms with Crippen molar-refractivity contribution in [1.82, 2.24) is 0 Å². The predicted octanol–water partition coefficient (Wildman–Crippen LogP) is -4.32. The van der Waals surface area contributed by atoms with Gasteiger partial charge in [-0.15, -0.1) is 0 Å². The van der Waals surface area contributed by atoms with E-state index < -0.39 is 19.4 Å². The van der Waals surface area contributed by atoms with Crippen molar-refractivity contribution in [3.8, 4) is 0 Å². The molecule has 1 unspecified atom stereocenters. The summed E-state index contributed by atoms with van der Waals surface area (Å²) in [5.41, 5.74) is 0. The summed E-state index contributed by atoms with van der Waals surface area (Å²) < 4.78 is 9.84. The van der Waals surface area contributed by atoms with Crippen LogP contribution in [0.1, 0.15) is 1.43 Å². The van der Waals surface area contributed by atoms with Crippen molar-refractivity contribution in [2.45, 2.75) is 5.85 Å². The van der Waals surface area contributed by atoms with Crippen LogP contribution >= 0.6 is 7.60 Å². The standard InChI is InChI=1S/C2H5O6P.Na.H/c3-1(4)2(5)9(6,7)8;;/h2,5H,(H,3,4)(H2,6,7,8);;/q;+1;-1. The number of aliphatic carboxylic acids is 1. The number of hydrogen-bond donors (Lipinski definition) is 4. The van der Waals surface area contributed by atoms with E-state index in [1.165, 1.54) is 0 Å². The third kappa shape index (κ3) is 4.40. The van der Waals surface area contributed by atoms with Crippen LogP contribution in [0.2, 0.25) is 0 Å². The molecular weight excluding hydrogens is 174 g/mol. The fourth-order valence-electron chi connectivity index (χ4n) is 0.144. The largest absolute Gasteiger partial charge is 1.00 e. The summed E-state index contributed by atoms with van der Waals surface area (Å²) in [6.07, 6.45) is 0. The summed E-state index contributed by atoms with van der Waals surface area (Å²) in [7, 11) is -4.86. The monoisotopic (exact) mass is 180 g/mol. The van der Waals surface area contributed by atoms with Gasteiger partial charge in [-0.3, -0.25) is 4.57 Å². The average Bonchev–Trinajstić information content (AvgIpc) is 1.62. The Morgan fingerprint density at radius 3 is 1.80 bits per heavy atom. The number of carbonyl (C=O) groups is 1. The molecule has 0 aliphatic rings. The van der Waals surface area contributed by atoms with Crippen LogP contribution in [0.15, 0.2) is 0 Å². The van der Waals surface area contributed by atoms with E-state index in [2.05, 4.69) is 0 Å². The molecule has 0 spiro atoms. The minimum absolute atomic E-state index is 0. The van der Waals surface area contributed by atoms with Gasteiger partial charge in [0, 0.05) is 0 Å². The maximum absolute atomic E-state index is 9.84. The van der Waals surface area contributed by atoms with E-state index in [-0.39, 0.29) is 31.0 Å². The molecule has 0 aliphatic carbocycles. The molecule has 56 valence electrons. The zero-order valence-electron chi connectivity index (χ0n) is 6.13. The Labute approximate surface area is 79.8 Å². The van der Waals surface area contributed by atoms with Gasteiger partial charge in [0.05, 0.1) is 0 Å². The summed E-state index contributed by atoms with van der Waals surface area (Å²) >= 11 is 0. The number of aliphatic hydroxyl groups is 1. The Bertz CT molecular complexity index is 166. The quantitative estimate of drug-likeness (QED) is 0.252. The van der Waals surface area contributed by atoms with Gasteiger partial charge >= 0.3 is 43.1 Å². The third-order valence-electron chi connectivity index (χ3n) is 0.539. The van der Waals surface area contributed by atoms with Crippen molar-refractivity contribution >= 4 is 13.6 Å². The van der Waals surface area contributed by atoms with Gasteiger partial charge < -0.3 is 21.4 Å². The molecule has 0 saturated carbocycles. The smallest absolute Gasteiger partial charge is 1.00 e. The number of carboxylic acids is 1.